The smallest absolute Gasteiger partial charge is 0.124 e. The van der Waals surface area contributed by atoms with Gasteiger partial charge in [0.2, 0.25) is 0 Å². The van der Waals surface area contributed by atoms with Crippen molar-refractivity contribution < 1.29 is 9.47 Å². The molecule has 0 aliphatic carbocycles. The SMILES string of the molecule is Cl.Cl.Clc1ccc(COc2ccc(Br)cc2CNCCN2CCOCC2)c(Cl)c1. The highest BCUT2D eigenvalue weighted by Crippen LogP contribution is 2.26. The van der Waals surface area contributed by atoms with E-state index in [0.29, 0.717) is 16.7 Å². The Bertz CT molecular complexity index is 761. The molecule has 1 saturated heterocycles. The molecule has 0 saturated carbocycles. The zero-order valence-electron chi connectivity index (χ0n) is 15.8. The van der Waals surface area contributed by atoms with Crippen LogP contribution in [0.3, 0.4) is 0 Å². The second-order valence-electron chi connectivity index (χ2n) is 6.41. The predicted octanol–water partition coefficient (Wildman–Crippen LogP) is 5.60. The molecule has 1 aliphatic rings. The van der Waals surface area contributed by atoms with Crippen molar-refractivity contribution in [2.45, 2.75) is 13.2 Å². The minimum atomic E-state index is 0. The van der Waals surface area contributed by atoms with Crippen LogP contribution in [0.2, 0.25) is 10.0 Å². The van der Waals surface area contributed by atoms with Crippen molar-refractivity contribution in [3.8, 4) is 5.75 Å². The van der Waals surface area contributed by atoms with Crippen molar-refractivity contribution in [1.29, 1.82) is 0 Å². The van der Waals surface area contributed by atoms with Crippen LogP contribution < -0.4 is 10.1 Å². The van der Waals surface area contributed by atoms with E-state index < -0.39 is 0 Å². The Hall–Kier alpha value is -0.240. The summed E-state index contributed by atoms with van der Waals surface area (Å²) in [5.41, 5.74) is 2.02. The Labute approximate surface area is 203 Å². The van der Waals surface area contributed by atoms with Crippen LogP contribution in [0.5, 0.6) is 5.75 Å². The molecule has 0 spiro atoms. The zero-order chi connectivity index (χ0) is 19.1. The molecule has 0 unspecified atom stereocenters. The highest BCUT2D eigenvalue weighted by atomic mass is 79.9. The van der Waals surface area contributed by atoms with Crippen LogP contribution in [-0.2, 0) is 17.9 Å². The summed E-state index contributed by atoms with van der Waals surface area (Å²) in [6, 6.07) is 11.5. The monoisotopic (exact) mass is 544 g/mol. The molecule has 162 valence electrons. The lowest BCUT2D eigenvalue weighted by Crippen LogP contribution is -2.40. The summed E-state index contributed by atoms with van der Waals surface area (Å²) in [4.78, 5) is 2.41. The average molecular weight is 547 g/mol. The molecule has 0 radical (unpaired) electrons. The molecule has 0 bridgehead atoms. The maximum absolute atomic E-state index is 6.24. The van der Waals surface area contributed by atoms with Crippen molar-refractivity contribution in [3.05, 3.63) is 62.0 Å². The number of hydrogen-bond donors (Lipinski definition) is 1. The van der Waals surface area contributed by atoms with Gasteiger partial charge in [-0.2, -0.15) is 0 Å². The minimum absolute atomic E-state index is 0. The van der Waals surface area contributed by atoms with Crippen molar-refractivity contribution in [2.24, 2.45) is 0 Å². The first-order valence-corrected chi connectivity index (χ1v) is 10.5. The Balaban J connectivity index is 0.00000210. The molecule has 0 aromatic heterocycles. The van der Waals surface area contributed by atoms with Gasteiger partial charge in [-0.15, -0.1) is 24.8 Å². The molecule has 9 heteroatoms. The largest absolute Gasteiger partial charge is 0.489 e. The van der Waals surface area contributed by atoms with Crippen molar-refractivity contribution in [3.63, 3.8) is 0 Å². The van der Waals surface area contributed by atoms with Gasteiger partial charge in [-0.3, -0.25) is 4.90 Å². The highest BCUT2D eigenvalue weighted by Gasteiger charge is 2.10. The number of halogens is 5. The van der Waals surface area contributed by atoms with Gasteiger partial charge in [0.25, 0.3) is 0 Å². The zero-order valence-corrected chi connectivity index (χ0v) is 20.6. The van der Waals surface area contributed by atoms with Crippen molar-refractivity contribution in [1.82, 2.24) is 10.2 Å². The van der Waals surface area contributed by atoms with E-state index in [1.54, 1.807) is 6.07 Å². The number of nitrogens with one attached hydrogen (secondary N) is 1. The lowest BCUT2D eigenvalue weighted by molar-refractivity contribution is 0.0384. The minimum Gasteiger partial charge on any atom is -0.489 e. The molecule has 3 rings (SSSR count). The van der Waals surface area contributed by atoms with Gasteiger partial charge in [0.1, 0.15) is 12.4 Å². The van der Waals surface area contributed by atoms with Gasteiger partial charge in [0.15, 0.2) is 0 Å². The number of rotatable bonds is 8. The van der Waals surface area contributed by atoms with E-state index in [-0.39, 0.29) is 24.8 Å². The van der Waals surface area contributed by atoms with Gasteiger partial charge in [-0.1, -0.05) is 45.2 Å². The topological polar surface area (TPSA) is 33.7 Å². The normalized spacial score (nSPS) is 14.0. The Kier molecular flexibility index (Phi) is 12.9. The third kappa shape index (κ3) is 8.80. The first-order valence-electron chi connectivity index (χ1n) is 8.98. The molecule has 29 heavy (non-hydrogen) atoms. The van der Waals surface area contributed by atoms with E-state index in [1.807, 2.05) is 24.3 Å². The van der Waals surface area contributed by atoms with Crippen LogP contribution in [0.1, 0.15) is 11.1 Å². The van der Waals surface area contributed by atoms with Gasteiger partial charge in [-0.05, 0) is 30.3 Å². The lowest BCUT2D eigenvalue weighted by atomic mass is 10.2. The summed E-state index contributed by atoms with van der Waals surface area (Å²) in [6.07, 6.45) is 0. The van der Waals surface area contributed by atoms with Gasteiger partial charge >= 0.3 is 0 Å². The fraction of sp³-hybridized carbons (Fsp3) is 0.400. The Morgan fingerprint density at radius 2 is 1.79 bits per heavy atom. The number of nitrogens with zero attached hydrogens (tertiary/aromatic N) is 1. The molecule has 0 amide bonds. The number of ether oxygens (including phenoxy) is 2. The molecule has 1 N–H and O–H groups in total. The summed E-state index contributed by atoms with van der Waals surface area (Å²) in [7, 11) is 0. The van der Waals surface area contributed by atoms with Gasteiger partial charge < -0.3 is 14.8 Å². The summed E-state index contributed by atoms with van der Waals surface area (Å²) in [6.45, 7) is 6.77. The summed E-state index contributed by atoms with van der Waals surface area (Å²) in [5, 5.41) is 4.75. The molecular weight excluding hydrogens is 522 g/mol. The molecule has 2 aromatic rings. The van der Waals surface area contributed by atoms with Crippen molar-refractivity contribution >= 4 is 63.9 Å². The van der Waals surface area contributed by atoms with E-state index in [1.165, 1.54) is 0 Å². The van der Waals surface area contributed by atoms with Crippen LogP contribution >= 0.6 is 63.9 Å². The summed E-state index contributed by atoms with van der Waals surface area (Å²) in [5.74, 6) is 0.850. The molecule has 0 atom stereocenters. The quantitative estimate of drug-likeness (QED) is 0.437. The molecular formula is C20H25BrCl4N2O2. The maximum atomic E-state index is 6.24. The van der Waals surface area contributed by atoms with E-state index in [4.69, 9.17) is 32.7 Å². The van der Waals surface area contributed by atoms with Crippen LogP contribution in [0.4, 0.5) is 0 Å². The van der Waals surface area contributed by atoms with E-state index >= 15 is 0 Å². The van der Waals surface area contributed by atoms with Gasteiger partial charge in [-0.25, -0.2) is 0 Å². The van der Waals surface area contributed by atoms with Crippen LogP contribution in [-0.4, -0.2) is 44.3 Å². The second kappa shape index (κ2) is 13.9. The van der Waals surface area contributed by atoms with Crippen LogP contribution in [0.25, 0.3) is 0 Å². The van der Waals surface area contributed by atoms with Gasteiger partial charge in [0.05, 0.1) is 13.2 Å². The third-order valence-electron chi connectivity index (χ3n) is 4.44. The van der Waals surface area contributed by atoms with E-state index in [0.717, 1.165) is 67.3 Å². The fourth-order valence-corrected chi connectivity index (χ4v) is 3.78. The molecule has 1 fully saturated rings. The summed E-state index contributed by atoms with van der Waals surface area (Å²) >= 11 is 15.7. The van der Waals surface area contributed by atoms with E-state index in [2.05, 4.69) is 32.2 Å². The number of morpholine rings is 1. The van der Waals surface area contributed by atoms with E-state index in [9.17, 15) is 0 Å². The van der Waals surface area contributed by atoms with Crippen LogP contribution in [0.15, 0.2) is 40.9 Å². The standard InChI is InChI=1S/C20H23BrCl2N2O2.2ClH/c21-17-2-4-20(27-14-15-1-3-18(22)12-19(15)23)16(11-17)13-24-5-6-25-7-9-26-10-8-25;;/h1-4,11-12,24H,5-10,13-14H2;2*1H. The highest BCUT2D eigenvalue weighted by molar-refractivity contribution is 9.10. The van der Waals surface area contributed by atoms with Gasteiger partial charge in [0, 0.05) is 58.4 Å². The Morgan fingerprint density at radius 3 is 2.52 bits per heavy atom. The maximum Gasteiger partial charge on any atom is 0.124 e. The molecule has 4 nitrogen and oxygen atoms in total. The average Bonchev–Trinajstić information content (AvgIpc) is 2.66. The van der Waals surface area contributed by atoms with Crippen LogP contribution in [0, 0.1) is 0 Å². The predicted molar refractivity (Wildman–Crippen MR) is 128 cm³/mol. The first kappa shape index (κ1) is 26.8. The van der Waals surface area contributed by atoms with Crippen molar-refractivity contribution in [2.75, 3.05) is 39.4 Å². The Morgan fingerprint density at radius 1 is 1.03 bits per heavy atom. The molecule has 1 heterocycles. The number of benzene rings is 2. The molecule has 1 aliphatic heterocycles. The lowest BCUT2D eigenvalue weighted by Gasteiger charge is -2.26. The number of hydrogen-bond acceptors (Lipinski definition) is 4. The molecule has 2 aromatic carbocycles. The first-order chi connectivity index (χ1) is 13.1. The fourth-order valence-electron chi connectivity index (χ4n) is 2.91. The summed E-state index contributed by atoms with van der Waals surface area (Å²) < 4.78 is 12.4. The third-order valence-corrected chi connectivity index (χ3v) is 5.52. The second-order valence-corrected chi connectivity index (χ2v) is 8.17.